The number of nitrogens with one attached hydrogen (secondary N) is 2. The van der Waals surface area contributed by atoms with Crippen molar-refractivity contribution in [1.29, 1.82) is 0 Å². The summed E-state index contributed by atoms with van der Waals surface area (Å²) in [7, 11) is 0. The van der Waals surface area contributed by atoms with Crippen molar-refractivity contribution >= 4 is 6.02 Å². The Balaban J connectivity index is 2.55. The Hall–Kier alpha value is -1.63. The van der Waals surface area contributed by atoms with Gasteiger partial charge in [-0.25, -0.2) is 5.32 Å². The number of amidine groups is 1. The first-order valence-corrected chi connectivity index (χ1v) is 5.59. The van der Waals surface area contributed by atoms with E-state index in [2.05, 4.69) is 35.4 Å². The summed E-state index contributed by atoms with van der Waals surface area (Å²) in [6, 6.07) is 0.344. The molecule has 0 amide bonds. The number of hydrogen-bond donors (Lipinski definition) is 2. The molecule has 6 nitrogen and oxygen atoms in total. The van der Waals surface area contributed by atoms with Gasteiger partial charge in [0, 0.05) is 0 Å². The maximum absolute atomic E-state index is 5.42. The van der Waals surface area contributed by atoms with Crippen LogP contribution < -0.4 is 10.6 Å². The minimum absolute atomic E-state index is 0.344. The van der Waals surface area contributed by atoms with Crippen molar-refractivity contribution in [3.8, 4) is 0 Å². The maximum Gasteiger partial charge on any atom is 0.291 e. The maximum atomic E-state index is 5.42. The second-order valence-electron chi connectivity index (χ2n) is 3.32. The zero-order valence-corrected chi connectivity index (χ0v) is 10.3. The van der Waals surface area contributed by atoms with Crippen LogP contribution in [-0.4, -0.2) is 38.5 Å². The summed E-state index contributed by atoms with van der Waals surface area (Å²) in [5, 5.41) is 5.91. The molecule has 0 saturated heterocycles. The van der Waals surface area contributed by atoms with Gasteiger partial charge >= 0.3 is 0 Å². The third kappa shape index (κ3) is 5.13. The van der Waals surface area contributed by atoms with Gasteiger partial charge in [0.15, 0.2) is 6.35 Å². The minimum atomic E-state index is -0.543. The highest BCUT2D eigenvalue weighted by Crippen LogP contribution is 2.01. The molecule has 100 valence electrons. The van der Waals surface area contributed by atoms with Crippen LogP contribution >= 0.6 is 0 Å². The predicted octanol–water partition coefficient (Wildman–Crippen LogP) is 0.710. The monoisotopic (exact) mass is 253 g/mol. The molecular formula is C12H19N3O3. The van der Waals surface area contributed by atoms with Crippen LogP contribution in [0.1, 0.15) is 0 Å². The topological polar surface area (TPSA) is 64.1 Å². The van der Waals surface area contributed by atoms with Gasteiger partial charge in [-0.05, 0) is 0 Å². The highest BCUT2D eigenvalue weighted by molar-refractivity contribution is 5.74. The van der Waals surface area contributed by atoms with Gasteiger partial charge in [-0.3, -0.25) is 0 Å². The van der Waals surface area contributed by atoms with Gasteiger partial charge in [0.1, 0.15) is 6.61 Å². The highest BCUT2D eigenvalue weighted by atomic mass is 16.6. The molecule has 6 heteroatoms. The molecule has 0 bridgehead atoms. The smallest absolute Gasteiger partial charge is 0.291 e. The predicted molar refractivity (Wildman–Crippen MR) is 69.7 cm³/mol. The van der Waals surface area contributed by atoms with Crippen molar-refractivity contribution in [2.45, 2.75) is 12.7 Å². The molecular weight excluding hydrogens is 234 g/mol. The standard InChI is InChI=1S/C12H19N3O3/c1-4-7-16-10-13-11(17-8-5-2)15-12(14-10)18-9-6-3/h4-6,10-11,13H,1-3,7-9H2,(H,14,15). The van der Waals surface area contributed by atoms with Crippen molar-refractivity contribution in [3.63, 3.8) is 0 Å². The average Bonchev–Trinajstić information content (AvgIpc) is 2.40. The molecule has 0 aromatic carbocycles. The van der Waals surface area contributed by atoms with E-state index in [1.807, 2.05) is 0 Å². The first-order chi connectivity index (χ1) is 8.80. The van der Waals surface area contributed by atoms with E-state index in [0.29, 0.717) is 25.8 Å². The molecule has 2 N–H and O–H groups in total. The molecule has 0 radical (unpaired) electrons. The van der Waals surface area contributed by atoms with Crippen LogP contribution in [0, 0.1) is 0 Å². The van der Waals surface area contributed by atoms with Crippen LogP contribution in [0.25, 0.3) is 0 Å². The molecule has 0 aromatic rings. The fraction of sp³-hybridized carbons (Fsp3) is 0.417. The number of rotatable bonds is 8. The van der Waals surface area contributed by atoms with Gasteiger partial charge in [0.25, 0.3) is 6.02 Å². The van der Waals surface area contributed by atoms with Gasteiger partial charge in [0.2, 0.25) is 6.35 Å². The lowest BCUT2D eigenvalue weighted by Gasteiger charge is -2.29. The average molecular weight is 253 g/mol. The summed E-state index contributed by atoms with van der Waals surface area (Å²) in [5.41, 5.74) is 0. The van der Waals surface area contributed by atoms with Crippen molar-refractivity contribution in [3.05, 3.63) is 38.0 Å². The Bertz CT molecular complexity index is 318. The first kappa shape index (κ1) is 14.4. The van der Waals surface area contributed by atoms with E-state index >= 15 is 0 Å². The molecule has 1 aliphatic heterocycles. The van der Waals surface area contributed by atoms with E-state index in [-0.39, 0.29) is 0 Å². The Morgan fingerprint density at radius 2 is 1.72 bits per heavy atom. The van der Waals surface area contributed by atoms with E-state index in [9.17, 15) is 0 Å². The first-order valence-electron chi connectivity index (χ1n) is 5.59. The van der Waals surface area contributed by atoms with Crippen LogP contribution in [-0.2, 0) is 14.2 Å². The molecule has 0 saturated carbocycles. The molecule has 2 atom stereocenters. The van der Waals surface area contributed by atoms with Crippen molar-refractivity contribution in [2.75, 3.05) is 19.8 Å². The zero-order valence-electron chi connectivity index (χ0n) is 10.3. The molecule has 0 fully saturated rings. The quantitative estimate of drug-likeness (QED) is 0.624. The van der Waals surface area contributed by atoms with E-state index in [4.69, 9.17) is 14.2 Å². The molecule has 0 spiro atoms. The van der Waals surface area contributed by atoms with Crippen molar-refractivity contribution in [1.82, 2.24) is 10.6 Å². The van der Waals surface area contributed by atoms with E-state index < -0.39 is 12.7 Å². The van der Waals surface area contributed by atoms with Gasteiger partial charge < -0.3 is 19.5 Å². The van der Waals surface area contributed by atoms with Gasteiger partial charge in [-0.1, -0.05) is 24.8 Å². The molecule has 2 unspecified atom stereocenters. The number of ether oxygens (including phenoxy) is 3. The molecule has 0 aromatic heterocycles. The van der Waals surface area contributed by atoms with E-state index in [1.165, 1.54) is 0 Å². The SMILES string of the molecule is C=CCOC1=NC(OCC=C)NC(OCC=C)N1. The third-order valence-corrected chi connectivity index (χ3v) is 1.87. The van der Waals surface area contributed by atoms with Gasteiger partial charge in [-0.15, -0.1) is 13.2 Å². The summed E-state index contributed by atoms with van der Waals surface area (Å²) in [4.78, 5) is 4.16. The summed E-state index contributed by atoms with van der Waals surface area (Å²) in [6.07, 6.45) is 3.93. The molecule has 1 aliphatic rings. The minimum Gasteiger partial charge on any atom is -0.461 e. The second kappa shape index (κ2) is 8.46. The zero-order chi connectivity index (χ0) is 13.2. The van der Waals surface area contributed by atoms with E-state index in [1.54, 1.807) is 18.2 Å². The van der Waals surface area contributed by atoms with E-state index in [0.717, 1.165) is 0 Å². The molecule has 0 aliphatic carbocycles. The second-order valence-corrected chi connectivity index (χ2v) is 3.32. The lowest BCUT2D eigenvalue weighted by atomic mass is 10.6. The summed E-state index contributed by atoms with van der Waals surface area (Å²) in [5.74, 6) is 0. The third-order valence-electron chi connectivity index (χ3n) is 1.87. The van der Waals surface area contributed by atoms with Gasteiger partial charge in [0.05, 0.1) is 13.2 Å². The van der Waals surface area contributed by atoms with Crippen LogP contribution in [0.2, 0.25) is 0 Å². The number of nitrogens with zero attached hydrogens (tertiary/aromatic N) is 1. The molecule has 18 heavy (non-hydrogen) atoms. The number of aliphatic imine (C=N–C) groups is 1. The fourth-order valence-corrected chi connectivity index (χ4v) is 1.18. The summed E-state index contributed by atoms with van der Waals surface area (Å²) >= 11 is 0. The summed E-state index contributed by atoms with van der Waals surface area (Å²) in [6.45, 7) is 11.9. The van der Waals surface area contributed by atoms with Crippen LogP contribution in [0.3, 0.4) is 0 Å². The van der Waals surface area contributed by atoms with Crippen LogP contribution in [0.4, 0.5) is 0 Å². The van der Waals surface area contributed by atoms with Gasteiger partial charge in [-0.2, -0.15) is 4.99 Å². The molecule has 1 heterocycles. The van der Waals surface area contributed by atoms with Crippen molar-refractivity contribution < 1.29 is 14.2 Å². The van der Waals surface area contributed by atoms with Crippen molar-refractivity contribution in [2.24, 2.45) is 4.99 Å². The Morgan fingerprint density at radius 1 is 1.06 bits per heavy atom. The van der Waals surface area contributed by atoms with Crippen LogP contribution in [0.15, 0.2) is 43.0 Å². The molecule has 1 rings (SSSR count). The van der Waals surface area contributed by atoms with Crippen LogP contribution in [0.5, 0.6) is 0 Å². The Morgan fingerprint density at radius 3 is 2.39 bits per heavy atom. The number of hydrogen-bond acceptors (Lipinski definition) is 6. The summed E-state index contributed by atoms with van der Waals surface area (Å²) < 4.78 is 16.1. The fourth-order valence-electron chi connectivity index (χ4n) is 1.18. The Labute approximate surface area is 107 Å². The largest absolute Gasteiger partial charge is 0.461 e. The Kier molecular flexibility index (Phi) is 6.78. The highest BCUT2D eigenvalue weighted by Gasteiger charge is 2.23. The lowest BCUT2D eigenvalue weighted by Crippen LogP contribution is -2.56. The lowest BCUT2D eigenvalue weighted by molar-refractivity contribution is -0.0470. The normalized spacial score (nSPS) is 22.6.